The van der Waals surface area contributed by atoms with Gasteiger partial charge in [0.25, 0.3) is 0 Å². The Morgan fingerprint density at radius 1 is 0.889 bits per heavy atom. The van der Waals surface area contributed by atoms with Gasteiger partial charge in [-0.15, -0.1) is 0 Å². The lowest BCUT2D eigenvalue weighted by Gasteiger charge is -2.24. The number of carbonyl (C=O) groups is 2. The molecule has 140 valence electrons. The second-order valence-corrected chi connectivity index (χ2v) is 8.09. The van der Waals surface area contributed by atoms with E-state index >= 15 is 0 Å². The van der Waals surface area contributed by atoms with Gasteiger partial charge in [0, 0.05) is 22.4 Å². The first kappa shape index (κ1) is 18.0. The monoisotopic (exact) mass is 427 g/mol. The summed E-state index contributed by atoms with van der Waals surface area (Å²) in [5, 5.41) is 5.83. The van der Waals surface area contributed by atoms with Crippen molar-refractivity contribution in [3.8, 4) is 0 Å². The number of likely N-dealkylation sites (tertiary alicyclic amines) is 1. The van der Waals surface area contributed by atoms with Crippen LogP contribution in [0, 0.1) is 0 Å². The molecule has 1 saturated heterocycles. The number of benzene rings is 2. The first-order chi connectivity index (χ1) is 13.1. The van der Waals surface area contributed by atoms with Crippen LogP contribution in [0.5, 0.6) is 0 Å². The minimum atomic E-state index is -0.445. The van der Waals surface area contributed by atoms with Gasteiger partial charge in [0.05, 0.1) is 0 Å². The number of amides is 3. The molecule has 3 amide bonds. The fraction of sp³-hybridized carbons (Fsp3) is 0.333. The standard InChI is InChI=1S/C21H22BrN3O2/c22-16-7-11-17(12-8-16)23-20(26)19-2-1-13-25(19)21(27)24-18-9-5-15(6-10-18)14-3-4-14/h5-12,14,19H,1-4,13H2,(H,23,26)(H,24,27). The van der Waals surface area contributed by atoms with Crippen molar-refractivity contribution in [3.05, 3.63) is 58.6 Å². The summed E-state index contributed by atoms with van der Waals surface area (Å²) in [5.41, 5.74) is 2.83. The summed E-state index contributed by atoms with van der Waals surface area (Å²) in [6, 6.07) is 14.8. The Balaban J connectivity index is 1.38. The molecule has 1 atom stereocenters. The molecule has 5 nitrogen and oxygen atoms in total. The van der Waals surface area contributed by atoms with Crippen LogP contribution in [0.2, 0.25) is 0 Å². The Morgan fingerprint density at radius 3 is 2.19 bits per heavy atom. The molecule has 1 saturated carbocycles. The molecule has 6 heteroatoms. The van der Waals surface area contributed by atoms with Crippen molar-refractivity contribution in [2.45, 2.75) is 37.6 Å². The largest absolute Gasteiger partial charge is 0.324 e. The summed E-state index contributed by atoms with van der Waals surface area (Å²) < 4.78 is 0.954. The van der Waals surface area contributed by atoms with Crippen LogP contribution < -0.4 is 10.6 Å². The minimum absolute atomic E-state index is 0.144. The van der Waals surface area contributed by atoms with Crippen molar-refractivity contribution in [2.24, 2.45) is 0 Å². The quantitative estimate of drug-likeness (QED) is 0.723. The van der Waals surface area contributed by atoms with Crippen LogP contribution in [0.25, 0.3) is 0 Å². The number of hydrogen-bond donors (Lipinski definition) is 2. The molecule has 2 aromatic carbocycles. The van der Waals surface area contributed by atoms with E-state index in [2.05, 4.69) is 38.7 Å². The average Bonchev–Trinajstić information content (AvgIpc) is 3.40. The van der Waals surface area contributed by atoms with E-state index in [1.165, 1.54) is 18.4 Å². The predicted molar refractivity (Wildman–Crippen MR) is 110 cm³/mol. The summed E-state index contributed by atoms with van der Waals surface area (Å²) in [7, 11) is 0. The third kappa shape index (κ3) is 4.33. The summed E-state index contributed by atoms with van der Waals surface area (Å²) in [4.78, 5) is 27.0. The van der Waals surface area contributed by atoms with E-state index in [-0.39, 0.29) is 11.9 Å². The topological polar surface area (TPSA) is 61.4 Å². The first-order valence-electron chi connectivity index (χ1n) is 9.34. The normalized spacial score (nSPS) is 19.0. The van der Waals surface area contributed by atoms with E-state index in [1.54, 1.807) is 4.90 Å². The van der Waals surface area contributed by atoms with Crippen LogP contribution in [0.15, 0.2) is 53.0 Å². The third-order valence-electron chi connectivity index (χ3n) is 5.14. The van der Waals surface area contributed by atoms with Gasteiger partial charge in [0.1, 0.15) is 6.04 Å². The smallest absolute Gasteiger partial charge is 0.322 e. The van der Waals surface area contributed by atoms with Gasteiger partial charge in [-0.05, 0) is 73.6 Å². The highest BCUT2D eigenvalue weighted by Gasteiger charge is 2.34. The summed E-state index contributed by atoms with van der Waals surface area (Å²) in [5.74, 6) is 0.550. The van der Waals surface area contributed by atoms with Crippen LogP contribution in [-0.2, 0) is 4.79 Å². The first-order valence-corrected chi connectivity index (χ1v) is 10.1. The van der Waals surface area contributed by atoms with Gasteiger partial charge in [-0.25, -0.2) is 4.79 Å². The van der Waals surface area contributed by atoms with Crippen LogP contribution in [0.4, 0.5) is 16.2 Å². The molecular weight excluding hydrogens is 406 g/mol. The molecule has 1 aliphatic carbocycles. The molecule has 0 radical (unpaired) electrons. The molecule has 0 bridgehead atoms. The number of hydrogen-bond acceptors (Lipinski definition) is 2. The Hall–Kier alpha value is -2.34. The lowest BCUT2D eigenvalue weighted by molar-refractivity contribution is -0.119. The van der Waals surface area contributed by atoms with Gasteiger partial charge in [0.15, 0.2) is 0 Å². The molecule has 2 N–H and O–H groups in total. The van der Waals surface area contributed by atoms with Gasteiger partial charge in [-0.3, -0.25) is 4.79 Å². The summed E-state index contributed by atoms with van der Waals surface area (Å²) >= 11 is 3.38. The maximum Gasteiger partial charge on any atom is 0.322 e. The van der Waals surface area contributed by atoms with E-state index in [1.807, 2.05) is 36.4 Å². The highest BCUT2D eigenvalue weighted by atomic mass is 79.9. The molecular formula is C21H22BrN3O2. The van der Waals surface area contributed by atoms with Gasteiger partial charge in [-0.1, -0.05) is 28.1 Å². The fourth-order valence-electron chi connectivity index (χ4n) is 3.49. The van der Waals surface area contributed by atoms with Crippen molar-refractivity contribution in [2.75, 3.05) is 17.2 Å². The van der Waals surface area contributed by atoms with Crippen LogP contribution >= 0.6 is 15.9 Å². The van der Waals surface area contributed by atoms with Crippen LogP contribution in [-0.4, -0.2) is 29.4 Å². The zero-order chi connectivity index (χ0) is 18.8. The molecule has 4 rings (SSSR count). The maximum atomic E-state index is 12.7. The van der Waals surface area contributed by atoms with Crippen molar-refractivity contribution < 1.29 is 9.59 Å². The highest BCUT2D eigenvalue weighted by Crippen LogP contribution is 2.40. The van der Waals surface area contributed by atoms with E-state index < -0.39 is 6.04 Å². The fourth-order valence-corrected chi connectivity index (χ4v) is 3.76. The minimum Gasteiger partial charge on any atom is -0.324 e. The van der Waals surface area contributed by atoms with Gasteiger partial charge < -0.3 is 15.5 Å². The van der Waals surface area contributed by atoms with E-state index in [4.69, 9.17) is 0 Å². The molecule has 2 aliphatic rings. The number of anilines is 2. The van der Waals surface area contributed by atoms with Gasteiger partial charge in [-0.2, -0.15) is 0 Å². The molecule has 0 spiro atoms. The molecule has 1 heterocycles. The SMILES string of the molecule is O=C(Nc1ccc(Br)cc1)C1CCCN1C(=O)Nc1ccc(C2CC2)cc1. The van der Waals surface area contributed by atoms with Crippen molar-refractivity contribution >= 4 is 39.2 Å². The van der Waals surface area contributed by atoms with Crippen molar-refractivity contribution in [3.63, 3.8) is 0 Å². The molecule has 1 unspecified atom stereocenters. The maximum absolute atomic E-state index is 12.7. The number of nitrogens with zero attached hydrogens (tertiary/aromatic N) is 1. The van der Waals surface area contributed by atoms with Gasteiger partial charge >= 0.3 is 6.03 Å². The van der Waals surface area contributed by atoms with Crippen LogP contribution in [0.1, 0.15) is 37.2 Å². The Kier molecular flexibility index (Phi) is 5.16. The molecule has 27 heavy (non-hydrogen) atoms. The second kappa shape index (κ2) is 7.72. The van der Waals surface area contributed by atoms with Crippen molar-refractivity contribution in [1.29, 1.82) is 0 Å². The third-order valence-corrected chi connectivity index (χ3v) is 5.67. The van der Waals surface area contributed by atoms with Crippen LogP contribution in [0.3, 0.4) is 0 Å². The molecule has 1 aliphatic heterocycles. The number of carbonyl (C=O) groups excluding carboxylic acids is 2. The van der Waals surface area contributed by atoms with E-state index in [9.17, 15) is 9.59 Å². The zero-order valence-corrected chi connectivity index (χ0v) is 16.5. The lowest BCUT2D eigenvalue weighted by atomic mass is 10.1. The Bertz CT molecular complexity index is 832. The van der Waals surface area contributed by atoms with E-state index in [0.29, 0.717) is 18.9 Å². The summed E-state index contributed by atoms with van der Waals surface area (Å²) in [6.45, 7) is 0.588. The lowest BCUT2D eigenvalue weighted by Crippen LogP contribution is -2.45. The van der Waals surface area contributed by atoms with Crippen molar-refractivity contribution in [1.82, 2.24) is 4.90 Å². The molecule has 2 fully saturated rings. The predicted octanol–water partition coefficient (Wildman–Crippen LogP) is 4.96. The summed E-state index contributed by atoms with van der Waals surface area (Å²) in [6.07, 6.45) is 4.02. The number of nitrogens with one attached hydrogen (secondary N) is 2. The Morgan fingerprint density at radius 2 is 1.52 bits per heavy atom. The van der Waals surface area contributed by atoms with Gasteiger partial charge in [0.2, 0.25) is 5.91 Å². The second-order valence-electron chi connectivity index (χ2n) is 7.17. The number of rotatable bonds is 4. The Labute approximate surface area is 167 Å². The molecule has 0 aromatic heterocycles. The van der Waals surface area contributed by atoms with E-state index in [0.717, 1.165) is 22.3 Å². The highest BCUT2D eigenvalue weighted by molar-refractivity contribution is 9.10. The molecule has 2 aromatic rings. The average molecular weight is 428 g/mol. The number of urea groups is 1. The zero-order valence-electron chi connectivity index (χ0n) is 15.0. The number of halogens is 1.